The molecule has 1 unspecified atom stereocenters. The summed E-state index contributed by atoms with van der Waals surface area (Å²) in [6.45, 7) is 4.19. The monoisotopic (exact) mass is 226 g/mol. The zero-order valence-electron chi connectivity index (χ0n) is 9.63. The number of nitrogens with zero attached hydrogens (tertiary/aromatic N) is 3. The Labute approximate surface area is 94.7 Å². The van der Waals surface area contributed by atoms with Crippen molar-refractivity contribution in [2.75, 3.05) is 6.61 Å². The molecule has 0 aliphatic rings. The van der Waals surface area contributed by atoms with Crippen LogP contribution in [0.5, 0.6) is 0 Å². The number of hydrogen-bond acceptors (Lipinski definition) is 4. The predicted molar refractivity (Wildman–Crippen MR) is 58.5 cm³/mol. The first-order valence-corrected chi connectivity index (χ1v) is 5.34. The number of amides is 1. The molecule has 1 aromatic rings. The Bertz CT molecular complexity index is 311. The van der Waals surface area contributed by atoms with E-state index in [9.17, 15) is 4.79 Å². The second-order valence-electron chi connectivity index (χ2n) is 4.17. The van der Waals surface area contributed by atoms with Gasteiger partial charge in [0.1, 0.15) is 19.2 Å². The van der Waals surface area contributed by atoms with Crippen molar-refractivity contribution in [1.29, 1.82) is 0 Å². The Morgan fingerprint density at radius 2 is 2.31 bits per heavy atom. The van der Waals surface area contributed by atoms with Crippen LogP contribution in [0.4, 0.5) is 0 Å². The Hall–Kier alpha value is -1.43. The third kappa shape index (κ3) is 4.39. The maximum Gasteiger partial charge on any atom is 0.242 e. The number of aliphatic hydroxyl groups excluding tert-OH is 1. The lowest BCUT2D eigenvalue weighted by molar-refractivity contribution is -0.123. The molecule has 1 atom stereocenters. The van der Waals surface area contributed by atoms with Crippen LogP contribution in [0.15, 0.2) is 12.7 Å². The van der Waals surface area contributed by atoms with Crippen LogP contribution in [0.1, 0.15) is 20.3 Å². The normalized spacial score (nSPS) is 12.8. The highest BCUT2D eigenvalue weighted by Crippen LogP contribution is 2.03. The molecule has 1 aromatic heterocycles. The Morgan fingerprint density at radius 3 is 2.81 bits per heavy atom. The van der Waals surface area contributed by atoms with Crippen molar-refractivity contribution in [3.8, 4) is 0 Å². The van der Waals surface area contributed by atoms with Gasteiger partial charge < -0.3 is 10.4 Å². The number of nitrogens with one attached hydrogen (secondary N) is 1. The number of aromatic nitrogens is 3. The minimum atomic E-state index is -0.184. The van der Waals surface area contributed by atoms with Gasteiger partial charge in [0.2, 0.25) is 5.91 Å². The fraction of sp³-hybridized carbons (Fsp3) is 0.700. The summed E-state index contributed by atoms with van der Waals surface area (Å²) in [6.07, 6.45) is 3.63. The van der Waals surface area contributed by atoms with Crippen molar-refractivity contribution in [3.05, 3.63) is 12.7 Å². The molecule has 0 saturated heterocycles. The molecule has 1 rings (SSSR count). The van der Waals surface area contributed by atoms with Crippen molar-refractivity contribution in [2.24, 2.45) is 5.92 Å². The van der Waals surface area contributed by atoms with Gasteiger partial charge in [0.05, 0.1) is 12.6 Å². The summed E-state index contributed by atoms with van der Waals surface area (Å²) in [5.74, 6) is 0.272. The van der Waals surface area contributed by atoms with Gasteiger partial charge in [-0.3, -0.25) is 4.79 Å². The van der Waals surface area contributed by atoms with Gasteiger partial charge in [0.15, 0.2) is 0 Å². The second-order valence-corrected chi connectivity index (χ2v) is 4.17. The number of hydrogen-bond donors (Lipinski definition) is 2. The molecule has 2 N–H and O–H groups in total. The van der Waals surface area contributed by atoms with Crippen LogP contribution in [-0.4, -0.2) is 38.4 Å². The summed E-state index contributed by atoms with van der Waals surface area (Å²) < 4.78 is 1.44. The van der Waals surface area contributed by atoms with Gasteiger partial charge in [-0.15, -0.1) is 0 Å². The summed E-state index contributed by atoms with van der Waals surface area (Å²) >= 11 is 0. The SMILES string of the molecule is CC(C)CC(CO)NC(=O)Cn1cncn1. The van der Waals surface area contributed by atoms with E-state index < -0.39 is 0 Å². The molecule has 0 radical (unpaired) electrons. The van der Waals surface area contributed by atoms with Crippen LogP contribution < -0.4 is 5.32 Å². The molecular weight excluding hydrogens is 208 g/mol. The zero-order chi connectivity index (χ0) is 12.0. The summed E-state index contributed by atoms with van der Waals surface area (Å²) in [6, 6.07) is -0.184. The summed E-state index contributed by atoms with van der Waals surface area (Å²) in [7, 11) is 0. The van der Waals surface area contributed by atoms with Crippen LogP contribution in [0, 0.1) is 5.92 Å². The zero-order valence-corrected chi connectivity index (χ0v) is 9.63. The molecule has 0 aliphatic heterocycles. The van der Waals surface area contributed by atoms with Crippen molar-refractivity contribution in [3.63, 3.8) is 0 Å². The Morgan fingerprint density at radius 1 is 1.56 bits per heavy atom. The van der Waals surface area contributed by atoms with E-state index in [-0.39, 0.29) is 25.1 Å². The van der Waals surface area contributed by atoms with E-state index in [2.05, 4.69) is 15.4 Å². The lowest BCUT2D eigenvalue weighted by Crippen LogP contribution is -2.40. The largest absolute Gasteiger partial charge is 0.394 e. The van der Waals surface area contributed by atoms with Gasteiger partial charge in [-0.05, 0) is 12.3 Å². The van der Waals surface area contributed by atoms with Crippen LogP contribution >= 0.6 is 0 Å². The van der Waals surface area contributed by atoms with E-state index in [0.717, 1.165) is 6.42 Å². The van der Waals surface area contributed by atoms with E-state index in [0.29, 0.717) is 5.92 Å². The van der Waals surface area contributed by atoms with Gasteiger partial charge in [0.25, 0.3) is 0 Å². The van der Waals surface area contributed by atoms with Gasteiger partial charge in [-0.1, -0.05) is 13.8 Å². The third-order valence-corrected chi connectivity index (χ3v) is 2.11. The Kier molecular flexibility index (Phi) is 4.91. The first-order chi connectivity index (χ1) is 7.61. The second kappa shape index (κ2) is 6.22. The molecule has 0 spiro atoms. The van der Waals surface area contributed by atoms with E-state index in [1.807, 2.05) is 13.8 Å². The molecule has 16 heavy (non-hydrogen) atoms. The van der Waals surface area contributed by atoms with Crippen molar-refractivity contribution < 1.29 is 9.90 Å². The van der Waals surface area contributed by atoms with Gasteiger partial charge in [-0.25, -0.2) is 9.67 Å². The fourth-order valence-electron chi connectivity index (χ4n) is 1.48. The molecule has 6 heteroatoms. The molecule has 0 saturated carbocycles. The van der Waals surface area contributed by atoms with Gasteiger partial charge in [-0.2, -0.15) is 5.10 Å². The van der Waals surface area contributed by atoms with Gasteiger partial charge in [0, 0.05) is 0 Å². The molecule has 0 aromatic carbocycles. The molecule has 6 nitrogen and oxygen atoms in total. The molecule has 0 fully saturated rings. The first-order valence-electron chi connectivity index (χ1n) is 5.34. The molecule has 1 heterocycles. The average molecular weight is 226 g/mol. The highest BCUT2D eigenvalue weighted by molar-refractivity contribution is 5.75. The summed E-state index contributed by atoms with van der Waals surface area (Å²) in [5.41, 5.74) is 0. The maximum atomic E-state index is 11.6. The topological polar surface area (TPSA) is 80.0 Å². The molecular formula is C10H18N4O2. The fourth-order valence-corrected chi connectivity index (χ4v) is 1.48. The highest BCUT2D eigenvalue weighted by Gasteiger charge is 2.13. The smallest absolute Gasteiger partial charge is 0.242 e. The lowest BCUT2D eigenvalue weighted by Gasteiger charge is -2.18. The van der Waals surface area contributed by atoms with E-state index in [1.54, 1.807) is 0 Å². The molecule has 0 aliphatic carbocycles. The minimum Gasteiger partial charge on any atom is -0.394 e. The highest BCUT2D eigenvalue weighted by atomic mass is 16.3. The number of carbonyl (C=O) groups excluding carboxylic acids is 1. The first kappa shape index (κ1) is 12.6. The van der Waals surface area contributed by atoms with E-state index in [4.69, 9.17) is 5.11 Å². The van der Waals surface area contributed by atoms with Crippen LogP contribution in [-0.2, 0) is 11.3 Å². The lowest BCUT2D eigenvalue weighted by atomic mass is 10.0. The Balaban J connectivity index is 2.37. The minimum absolute atomic E-state index is 0.0404. The number of carbonyl (C=O) groups is 1. The van der Waals surface area contributed by atoms with Gasteiger partial charge >= 0.3 is 0 Å². The molecule has 1 amide bonds. The molecule has 0 bridgehead atoms. The summed E-state index contributed by atoms with van der Waals surface area (Å²) in [5, 5.41) is 15.7. The maximum absolute atomic E-state index is 11.6. The standard InChI is InChI=1S/C10H18N4O2/c1-8(2)3-9(5-15)13-10(16)4-14-7-11-6-12-14/h6-9,15H,3-5H2,1-2H3,(H,13,16). The predicted octanol–water partition coefficient (Wildman–Crippen LogP) is -0.199. The van der Waals surface area contributed by atoms with E-state index >= 15 is 0 Å². The van der Waals surface area contributed by atoms with Crippen LogP contribution in [0.2, 0.25) is 0 Å². The average Bonchev–Trinajstić information content (AvgIpc) is 2.68. The third-order valence-electron chi connectivity index (χ3n) is 2.11. The quantitative estimate of drug-likeness (QED) is 0.704. The van der Waals surface area contributed by atoms with Crippen molar-refractivity contribution >= 4 is 5.91 Å². The van der Waals surface area contributed by atoms with Crippen LogP contribution in [0.25, 0.3) is 0 Å². The van der Waals surface area contributed by atoms with Crippen LogP contribution in [0.3, 0.4) is 0 Å². The van der Waals surface area contributed by atoms with Crippen molar-refractivity contribution in [1.82, 2.24) is 20.1 Å². The number of rotatable bonds is 6. The van der Waals surface area contributed by atoms with Crippen molar-refractivity contribution in [2.45, 2.75) is 32.9 Å². The summed E-state index contributed by atoms with van der Waals surface area (Å²) in [4.78, 5) is 15.3. The van der Waals surface area contributed by atoms with E-state index in [1.165, 1.54) is 17.3 Å². The number of aliphatic hydroxyl groups is 1. The molecule has 90 valence electrons.